The summed E-state index contributed by atoms with van der Waals surface area (Å²) in [7, 11) is 0. The van der Waals surface area contributed by atoms with Crippen LogP contribution < -0.4 is 0 Å². The van der Waals surface area contributed by atoms with Gasteiger partial charge in [-0.3, -0.25) is 0 Å². The standard InChI is InChI=1S/C2H4O3/c3-1-2(4)5/h3H,1H2,(H,4,5)/i1D2,3D/hD. The first kappa shape index (κ1) is 0.944. The van der Waals surface area contributed by atoms with E-state index in [1.165, 1.54) is 0 Å². The van der Waals surface area contributed by atoms with E-state index in [4.69, 9.17) is 5.60 Å². The molecule has 0 rings (SSSR count). The van der Waals surface area contributed by atoms with Crippen molar-refractivity contribution in [2.24, 2.45) is 0 Å². The minimum Gasteiger partial charge on any atom is -0.480 e. The van der Waals surface area contributed by atoms with Crippen LogP contribution in [0.5, 0.6) is 0 Å². The number of hydrogen-bond acceptors (Lipinski definition) is 3. The predicted octanol–water partition coefficient (Wildman–Crippen LogP) is -0.937. The molecule has 0 aliphatic carbocycles. The van der Waals surface area contributed by atoms with Crippen molar-refractivity contribution in [3.63, 3.8) is 0 Å². The minimum absolute atomic E-state index is 1.54. The highest BCUT2D eigenvalue weighted by Gasteiger charge is 1.82. The third kappa shape index (κ3) is 3.43. The van der Waals surface area contributed by atoms with E-state index < -0.39 is 12.5 Å². The van der Waals surface area contributed by atoms with Gasteiger partial charge in [0.2, 0.25) is 1.43 Å². The molecule has 0 aromatic rings. The molecule has 0 spiro atoms. The molecule has 0 radical (unpaired) electrons. The lowest BCUT2D eigenvalue weighted by Gasteiger charge is -1.72. The van der Waals surface area contributed by atoms with Gasteiger partial charge in [0.05, 0.1) is 2.74 Å². The van der Waals surface area contributed by atoms with Gasteiger partial charge in [-0.2, -0.15) is 0 Å². The Kier molecular flexibility index (Phi) is 0.325. The van der Waals surface area contributed by atoms with Gasteiger partial charge in [0.1, 0.15) is 6.56 Å². The lowest BCUT2D eigenvalue weighted by molar-refractivity contribution is -0.140. The Hall–Kier alpha value is -0.570. The molecule has 0 aliphatic heterocycles. The second kappa shape index (κ2) is 1.72. The monoisotopic (exact) mass is 80.0 g/mol. The third-order valence-electron chi connectivity index (χ3n) is 0.0833. The van der Waals surface area contributed by atoms with Gasteiger partial charge in [-0.1, -0.05) is 0 Å². The molecule has 30 valence electrons. The molecule has 3 heteroatoms. The average molecular weight is 80.1 g/mol. The van der Waals surface area contributed by atoms with E-state index in [2.05, 4.69) is 10.2 Å². The highest BCUT2D eigenvalue weighted by atomic mass is 16.4. The summed E-state index contributed by atoms with van der Waals surface area (Å²) >= 11 is 0. The Morgan fingerprint density at radius 3 is 3.40 bits per heavy atom. The number of carbonyl (C=O) groups is 1. The average Bonchev–Trinajstić information content (AvgIpc) is 1.86. The van der Waals surface area contributed by atoms with E-state index in [0.29, 0.717) is 0 Å². The van der Waals surface area contributed by atoms with Crippen LogP contribution in [0.2, 0.25) is 0 Å². The Bertz CT molecular complexity index is 112. The Morgan fingerprint density at radius 1 is 2.40 bits per heavy atom. The fourth-order valence-corrected chi connectivity index (χ4v) is 0. The second-order valence-corrected chi connectivity index (χ2v) is 0.390. The number of aliphatic carboxylic acids is 1. The molecule has 0 aliphatic rings. The predicted molar refractivity (Wildman–Crippen MR) is 14.7 cm³/mol. The van der Waals surface area contributed by atoms with Crippen molar-refractivity contribution in [3.8, 4) is 0 Å². The van der Waals surface area contributed by atoms with E-state index in [0.717, 1.165) is 0 Å². The van der Waals surface area contributed by atoms with Crippen molar-refractivity contribution in [3.05, 3.63) is 0 Å². The van der Waals surface area contributed by atoms with Crippen LogP contribution in [0.4, 0.5) is 0 Å². The number of hydrogen-bond donors (Lipinski definition) is 2. The summed E-state index contributed by atoms with van der Waals surface area (Å²) in [5.74, 6) is -1.54. The topological polar surface area (TPSA) is 57.5 Å². The van der Waals surface area contributed by atoms with Crippen LogP contribution in [0.25, 0.3) is 1.43 Å². The number of rotatable bonds is 2. The molecule has 0 aromatic heterocycles. The summed E-state index contributed by atoms with van der Waals surface area (Å²) in [6, 6.07) is 0. The molecule has 5 heavy (non-hydrogen) atoms. The first-order chi connectivity index (χ1) is 4.04. The van der Waals surface area contributed by atoms with Crippen molar-refractivity contribution < 1.29 is 17.8 Å². The van der Waals surface area contributed by atoms with Gasteiger partial charge in [0.15, 0.2) is 0 Å². The smallest absolute Gasteiger partial charge is 0.329 e. The van der Waals surface area contributed by atoms with Crippen LogP contribution in [0.15, 0.2) is 0 Å². The van der Waals surface area contributed by atoms with Crippen molar-refractivity contribution in [2.45, 2.75) is 0 Å². The first-order valence-electron chi connectivity index (χ1n) is 2.68. The zero-order chi connectivity index (χ0) is 7.49. The third-order valence-corrected chi connectivity index (χ3v) is 0.0833. The lowest BCUT2D eigenvalue weighted by atomic mass is 10.8. The molecule has 0 heterocycles. The fourth-order valence-electron chi connectivity index (χ4n) is 0. The zero-order valence-corrected chi connectivity index (χ0v) is 2.22. The molecular formula is C2H4O3. The number of carboxylic acid groups (broad SMARTS) is 1. The maximum absolute atomic E-state index is 10.0. The van der Waals surface area contributed by atoms with E-state index in [-0.39, 0.29) is 0 Å². The summed E-state index contributed by atoms with van der Waals surface area (Å²) in [6.07, 6.45) is 0. The lowest BCUT2D eigenvalue weighted by Crippen LogP contribution is -1.98. The number of carboxylic acids is 1. The van der Waals surface area contributed by atoms with Gasteiger partial charge >= 0.3 is 5.97 Å². The van der Waals surface area contributed by atoms with E-state index in [1.807, 2.05) is 0 Å². The summed E-state index contributed by atoms with van der Waals surface area (Å²) in [6.45, 7) is -2.83. The van der Waals surface area contributed by atoms with E-state index in [9.17, 15) is 4.79 Å². The van der Waals surface area contributed by atoms with Crippen molar-refractivity contribution >= 4 is 5.97 Å². The maximum atomic E-state index is 10.0. The summed E-state index contributed by atoms with van der Waals surface area (Å²) in [5, 5.41) is 6.48. The Balaban J connectivity index is 3.97. The SMILES string of the molecule is [2H]OC(=O)C([2H])([2H])O[2H]. The molecular weight excluding hydrogens is 72.0 g/mol. The van der Waals surface area contributed by atoms with Crippen LogP contribution >= 0.6 is 0 Å². The fraction of sp³-hybridized carbons (Fsp3) is 0.500. The highest BCUT2D eigenvalue weighted by Crippen LogP contribution is 1.48. The molecule has 0 amide bonds. The van der Waals surface area contributed by atoms with Crippen LogP contribution in [-0.4, -0.2) is 24.2 Å². The highest BCUT2D eigenvalue weighted by molar-refractivity contribution is 5.67. The van der Waals surface area contributed by atoms with Gasteiger partial charge in [-0.15, -0.1) is 0 Å². The summed E-state index contributed by atoms with van der Waals surface area (Å²) in [4.78, 5) is 10.0. The summed E-state index contributed by atoms with van der Waals surface area (Å²) < 4.78 is 24.8. The van der Waals surface area contributed by atoms with Gasteiger partial charge in [0, 0.05) is 0 Å². The van der Waals surface area contributed by atoms with E-state index in [1.54, 1.807) is 0 Å². The molecule has 0 bridgehead atoms. The van der Waals surface area contributed by atoms with E-state index >= 15 is 0 Å². The van der Waals surface area contributed by atoms with Crippen LogP contribution in [0, 0.1) is 0 Å². The maximum Gasteiger partial charge on any atom is 0.329 e. The molecule has 0 unspecified atom stereocenters. The number of aliphatic hydroxyl groups is 1. The van der Waals surface area contributed by atoms with Crippen molar-refractivity contribution in [2.75, 3.05) is 6.56 Å². The van der Waals surface area contributed by atoms with Crippen LogP contribution in [0.3, 0.4) is 0 Å². The zero-order valence-electron chi connectivity index (χ0n) is 6.22. The normalized spacial score (nSPS) is 20.8. The largest absolute Gasteiger partial charge is 0.480 e. The Labute approximate surface area is 34.6 Å². The van der Waals surface area contributed by atoms with Crippen LogP contribution in [0.1, 0.15) is 2.74 Å². The van der Waals surface area contributed by atoms with Gasteiger partial charge in [0.25, 0.3) is 1.43 Å². The molecule has 0 atom stereocenters. The van der Waals surface area contributed by atoms with Gasteiger partial charge < -0.3 is 10.2 Å². The quantitative estimate of drug-likeness (QED) is 0.450. The molecule has 2 N–H and O–H groups in total. The molecule has 0 saturated carbocycles. The van der Waals surface area contributed by atoms with Gasteiger partial charge in [-0.05, 0) is 0 Å². The second-order valence-electron chi connectivity index (χ2n) is 0.390. The molecule has 3 nitrogen and oxygen atoms in total. The van der Waals surface area contributed by atoms with Gasteiger partial charge in [-0.25, -0.2) is 4.79 Å². The molecule has 0 fully saturated rings. The first-order valence-corrected chi connectivity index (χ1v) is 0.862. The summed E-state index contributed by atoms with van der Waals surface area (Å²) in [5.41, 5.74) is 0. The Morgan fingerprint density at radius 2 is 3.20 bits per heavy atom. The molecule has 0 aromatic carbocycles. The van der Waals surface area contributed by atoms with Crippen molar-refractivity contribution in [1.82, 2.24) is 0 Å². The minimum atomic E-state index is -2.83. The molecule has 0 saturated heterocycles. The van der Waals surface area contributed by atoms with Crippen molar-refractivity contribution in [1.29, 1.82) is 2.86 Å². The van der Waals surface area contributed by atoms with Crippen LogP contribution in [-0.2, 0) is 4.79 Å².